The highest BCUT2D eigenvalue weighted by Gasteiger charge is 2.21. The molecule has 0 radical (unpaired) electrons. The molecule has 2 aromatic carbocycles. The van der Waals surface area contributed by atoms with Crippen molar-refractivity contribution in [3.05, 3.63) is 81.5 Å². The fourth-order valence-electron chi connectivity index (χ4n) is 3.63. The van der Waals surface area contributed by atoms with Crippen LogP contribution in [0, 0.1) is 11.6 Å². The second kappa shape index (κ2) is 9.77. The first-order valence-electron chi connectivity index (χ1n) is 9.96. The van der Waals surface area contributed by atoms with Crippen molar-refractivity contribution in [2.24, 2.45) is 0 Å². The highest BCUT2D eigenvalue weighted by molar-refractivity contribution is 7.10. The van der Waals surface area contributed by atoms with Gasteiger partial charge in [0.2, 0.25) is 0 Å². The number of hydrogen-bond donors (Lipinski definition) is 0. The molecule has 0 N–H and O–H groups in total. The fraction of sp³-hybridized carbons (Fsp3) is 0.304. The van der Waals surface area contributed by atoms with E-state index in [2.05, 4.69) is 15.9 Å². The van der Waals surface area contributed by atoms with Crippen molar-refractivity contribution in [1.82, 2.24) is 4.90 Å². The number of halogens is 3. The highest BCUT2D eigenvalue weighted by Crippen LogP contribution is 2.30. The molecule has 0 saturated carbocycles. The molecule has 0 aliphatic carbocycles. The topological polar surface area (TPSA) is 15.7 Å². The molecule has 30 heavy (non-hydrogen) atoms. The number of thiophene rings is 1. The molecule has 0 amide bonds. The van der Waals surface area contributed by atoms with Gasteiger partial charge >= 0.3 is 0 Å². The van der Waals surface area contributed by atoms with Gasteiger partial charge in [-0.25, -0.2) is 8.78 Å². The molecule has 1 aromatic heterocycles. The van der Waals surface area contributed by atoms with Crippen LogP contribution in [0.3, 0.4) is 0 Å². The number of nitrogens with zero attached hydrogens (tertiary/aromatic N) is 2. The van der Waals surface area contributed by atoms with E-state index in [0.717, 1.165) is 49.7 Å². The van der Waals surface area contributed by atoms with Gasteiger partial charge < -0.3 is 9.64 Å². The molecule has 1 atom stereocenters. The first-order valence-corrected chi connectivity index (χ1v) is 11.2. The van der Waals surface area contributed by atoms with Gasteiger partial charge in [0.15, 0.2) is 0 Å². The predicted octanol–water partition coefficient (Wildman–Crippen LogP) is 6.01. The Kier molecular flexibility index (Phi) is 6.87. The average Bonchev–Trinajstić information content (AvgIpc) is 3.29. The van der Waals surface area contributed by atoms with Gasteiger partial charge in [0.1, 0.15) is 23.5 Å². The van der Waals surface area contributed by atoms with E-state index < -0.39 is 5.82 Å². The van der Waals surface area contributed by atoms with E-state index in [1.807, 2.05) is 23.6 Å². The molecule has 0 bridgehead atoms. The van der Waals surface area contributed by atoms with Crippen molar-refractivity contribution in [1.29, 1.82) is 0 Å². The maximum absolute atomic E-state index is 13.5. The Balaban J connectivity index is 1.34. The zero-order valence-corrected chi connectivity index (χ0v) is 18.0. The van der Waals surface area contributed by atoms with Gasteiger partial charge in [-0.15, -0.1) is 11.3 Å². The Labute approximate surface area is 184 Å². The smallest absolute Gasteiger partial charge is 0.142 e. The fourth-order valence-corrected chi connectivity index (χ4v) is 4.59. The maximum Gasteiger partial charge on any atom is 0.142 e. The molecule has 1 aliphatic rings. The van der Waals surface area contributed by atoms with Gasteiger partial charge in [-0.3, -0.25) is 4.90 Å². The molecule has 2 heterocycles. The van der Waals surface area contributed by atoms with Crippen LogP contribution >= 0.6 is 22.9 Å². The molecule has 3 aromatic rings. The van der Waals surface area contributed by atoms with Crippen LogP contribution in [0.2, 0.25) is 5.02 Å². The molecule has 0 unspecified atom stereocenters. The summed E-state index contributed by atoms with van der Waals surface area (Å²) < 4.78 is 32.8. The largest absolute Gasteiger partial charge is 0.485 e. The number of ether oxygens (including phenoxy) is 1. The predicted molar refractivity (Wildman–Crippen MR) is 119 cm³/mol. The van der Waals surface area contributed by atoms with Crippen LogP contribution in [-0.2, 0) is 0 Å². The van der Waals surface area contributed by atoms with Crippen LogP contribution in [0.25, 0.3) is 0 Å². The molecule has 158 valence electrons. The standard InChI is InChI=1S/C23H23ClF2N2OS/c24-20-16-19(7-8-21(20)26)29-22(23-2-1-15-30-23)9-10-27-11-13-28(14-12-27)18-5-3-17(25)4-6-18/h1-8,15-16,22H,9-14H2/t22-/m0/s1. The lowest BCUT2D eigenvalue weighted by Gasteiger charge is -2.36. The van der Waals surface area contributed by atoms with Gasteiger partial charge in [-0.05, 0) is 47.8 Å². The van der Waals surface area contributed by atoms with Crippen LogP contribution in [0.1, 0.15) is 17.4 Å². The van der Waals surface area contributed by atoms with Gasteiger partial charge in [0.05, 0.1) is 5.02 Å². The van der Waals surface area contributed by atoms with E-state index in [-0.39, 0.29) is 16.9 Å². The zero-order chi connectivity index (χ0) is 20.9. The zero-order valence-electron chi connectivity index (χ0n) is 16.4. The summed E-state index contributed by atoms with van der Waals surface area (Å²) >= 11 is 7.56. The molecular formula is C23H23ClF2N2OS. The number of benzene rings is 2. The van der Waals surface area contributed by atoms with Crippen molar-refractivity contribution >= 4 is 28.6 Å². The summed E-state index contributed by atoms with van der Waals surface area (Å²) in [5, 5.41) is 2.10. The lowest BCUT2D eigenvalue weighted by molar-refractivity contribution is 0.162. The van der Waals surface area contributed by atoms with Crippen molar-refractivity contribution < 1.29 is 13.5 Å². The lowest BCUT2D eigenvalue weighted by atomic mass is 10.1. The molecular weight excluding hydrogens is 426 g/mol. The average molecular weight is 449 g/mol. The van der Waals surface area contributed by atoms with E-state index in [1.165, 1.54) is 24.3 Å². The summed E-state index contributed by atoms with van der Waals surface area (Å²) in [4.78, 5) is 5.84. The minimum absolute atomic E-state index is 0.0642. The summed E-state index contributed by atoms with van der Waals surface area (Å²) in [5.74, 6) is -0.0870. The number of anilines is 1. The van der Waals surface area contributed by atoms with Crippen molar-refractivity contribution in [2.75, 3.05) is 37.6 Å². The Morgan fingerprint density at radius 3 is 2.43 bits per heavy atom. The van der Waals surface area contributed by atoms with E-state index >= 15 is 0 Å². The SMILES string of the molecule is Fc1ccc(N2CCN(CC[C@H](Oc3ccc(F)c(Cl)c3)c3cccs3)CC2)cc1. The third kappa shape index (κ3) is 5.31. The summed E-state index contributed by atoms with van der Waals surface area (Å²) in [5.41, 5.74) is 1.06. The van der Waals surface area contributed by atoms with Crippen LogP contribution in [-0.4, -0.2) is 37.6 Å². The second-order valence-electron chi connectivity index (χ2n) is 7.29. The van der Waals surface area contributed by atoms with E-state index in [9.17, 15) is 8.78 Å². The third-order valence-electron chi connectivity index (χ3n) is 5.30. The molecule has 7 heteroatoms. The molecule has 0 spiro atoms. The molecule has 4 rings (SSSR count). The minimum atomic E-state index is -0.448. The van der Waals surface area contributed by atoms with Crippen molar-refractivity contribution in [3.8, 4) is 5.75 Å². The number of hydrogen-bond acceptors (Lipinski definition) is 4. The van der Waals surface area contributed by atoms with E-state index in [4.69, 9.17) is 16.3 Å². The normalized spacial score (nSPS) is 15.9. The first-order chi connectivity index (χ1) is 14.6. The quantitative estimate of drug-likeness (QED) is 0.440. The molecule has 3 nitrogen and oxygen atoms in total. The molecule has 1 fully saturated rings. The van der Waals surface area contributed by atoms with Crippen LogP contribution in [0.15, 0.2) is 60.0 Å². The minimum Gasteiger partial charge on any atom is -0.485 e. The summed E-state index contributed by atoms with van der Waals surface area (Å²) in [6, 6.07) is 15.2. The van der Waals surface area contributed by atoms with Crippen LogP contribution < -0.4 is 9.64 Å². The monoisotopic (exact) mass is 448 g/mol. The Morgan fingerprint density at radius 2 is 1.77 bits per heavy atom. The summed E-state index contributed by atoms with van der Waals surface area (Å²) in [7, 11) is 0. The van der Waals surface area contributed by atoms with E-state index in [1.54, 1.807) is 17.4 Å². The van der Waals surface area contributed by atoms with Crippen molar-refractivity contribution in [3.63, 3.8) is 0 Å². The number of rotatable bonds is 7. The maximum atomic E-state index is 13.5. The Bertz CT molecular complexity index is 944. The summed E-state index contributed by atoms with van der Waals surface area (Å²) in [6.45, 7) is 4.59. The van der Waals surface area contributed by atoms with Crippen LogP contribution in [0.5, 0.6) is 5.75 Å². The highest BCUT2D eigenvalue weighted by atomic mass is 35.5. The Hall–Kier alpha value is -2.15. The number of piperazine rings is 1. The van der Waals surface area contributed by atoms with Gasteiger partial charge in [-0.2, -0.15) is 0 Å². The molecule has 1 aliphatic heterocycles. The van der Waals surface area contributed by atoms with Crippen LogP contribution in [0.4, 0.5) is 14.5 Å². The van der Waals surface area contributed by atoms with Gasteiger partial charge in [-0.1, -0.05) is 17.7 Å². The van der Waals surface area contributed by atoms with Gasteiger partial charge in [0.25, 0.3) is 0 Å². The Morgan fingerprint density at radius 1 is 1.00 bits per heavy atom. The summed E-state index contributed by atoms with van der Waals surface area (Å²) in [6.07, 6.45) is 0.716. The third-order valence-corrected chi connectivity index (χ3v) is 6.56. The second-order valence-corrected chi connectivity index (χ2v) is 8.68. The van der Waals surface area contributed by atoms with E-state index in [0.29, 0.717) is 5.75 Å². The first kappa shape index (κ1) is 21.1. The lowest BCUT2D eigenvalue weighted by Crippen LogP contribution is -2.46. The van der Waals surface area contributed by atoms with Gasteiger partial charge in [0, 0.05) is 55.8 Å². The van der Waals surface area contributed by atoms with Crippen molar-refractivity contribution in [2.45, 2.75) is 12.5 Å². The molecule has 1 saturated heterocycles.